The van der Waals surface area contributed by atoms with E-state index in [1.54, 1.807) is 18.6 Å². The van der Waals surface area contributed by atoms with Crippen molar-refractivity contribution in [3.05, 3.63) is 36.7 Å². The summed E-state index contributed by atoms with van der Waals surface area (Å²) in [4.78, 5) is 4.50. The van der Waals surface area contributed by atoms with Crippen molar-refractivity contribution >= 4 is 0 Å². The van der Waals surface area contributed by atoms with Gasteiger partial charge in [0.15, 0.2) is 0 Å². The molecule has 0 radical (unpaired) electrons. The molecule has 0 amide bonds. The first-order valence-electron chi connectivity index (χ1n) is 6.22. The van der Waals surface area contributed by atoms with Crippen LogP contribution >= 0.6 is 0 Å². The number of hydrogen-bond donors (Lipinski definition) is 1. The van der Waals surface area contributed by atoms with E-state index in [2.05, 4.69) is 25.4 Å². The summed E-state index contributed by atoms with van der Waals surface area (Å²) < 4.78 is 7.38. The van der Waals surface area contributed by atoms with E-state index in [1.165, 1.54) is 0 Å². The minimum absolute atomic E-state index is 0.265. The maximum absolute atomic E-state index is 5.46. The lowest BCUT2D eigenvalue weighted by Gasteiger charge is -2.38. The second-order valence-electron chi connectivity index (χ2n) is 4.75. The van der Waals surface area contributed by atoms with Crippen LogP contribution in [0.4, 0.5) is 0 Å². The van der Waals surface area contributed by atoms with Crippen LogP contribution < -0.4 is 0 Å². The fourth-order valence-electron chi connectivity index (χ4n) is 2.48. The Kier molecular flexibility index (Phi) is 2.08. The van der Waals surface area contributed by atoms with Crippen LogP contribution in [0.15, 0.2) is 35.4 Å². The maximum atomic E-state index is 5.46. The SMILES string of the molecule is c1cnn(C2(c3nc(-c4cn[nH]c4)no3)CCC2)c1. The van der Waals surface area contributed by atoms with Crippen LogP contribution in [0.2, 0.25) is 0 Å². The van der Waals surface area contributed by atoms with Crippen LogP contribution in [0.5, 0.6) is 0 Å². The van der Waals surface area contributed by atoms with E-state index in [9.17, 15) is 0 Å². The molecule has 0 aliphatic heterocycles. The Bertz CT molecular complexity index is 665. The standard InChI is InChI=1S/C12H12N6O/c1-3-12(4-1,18-6-2-5-15-18)11-16-10(17-19-11)9-7-13-14-8-9/h2,5-8H,1,3-4H2,(H,13,14). The van der Waals surface area contributed by atoms with Crippen molar-refractivity contribution in [2.75, 3.05) is 0 Å². The molecule has 0 bridgehead atoms. The van der Waals surface area contributed by atoms with Crippen LogP contribution in [0.25, 0.3) is 11.4 Å². The van der Waals surface area contributed by atoms with Crippen molar-refractivity contribution in [1.29, 1.82) is 0 Å². The molecule has 3 heterocycles. The molecule has 4 rings (SSSR count). The largest absolute Gasteiger partial charge is 0.336 e. The normalized spacial score (nSPS) is 17.3. The zero-order valence-corrected chi connectivity index (χ0v) is 10.2. The van der Waals surface area contributed by atoms with Gasteiger partial charge in [-0.2, -0.15) is 15.2 Å². The minimum Gasteiger partial charge on any atom is -0.336 e. The third-order valence-corrected chi connectivity index (χ3v) is 3.70. The molecule has 0 unspecified atom stereocenters. The van der Waals surface area contributed by atoms with Crippen molar-refractivity contribution < 1.29 is 4.52 Å². The lowest BCUT2D eigenvalue weighted by molar-refractivity contribution is 0.123. The molecular weight excluding hydrogens is 244 g/mol. The lowest BCUT2D eigenvalue weighted by Crippen LogP contribution is -2.42. The van der Waals surface area contributed by atoms with Gasteiger partial charge in [-0.05, 0) is 25.3 Å². The third kappa shape index (κ3) is 1.44. The maximum Gasteiger partial charge on any atom is 0.254 e. The number of aromatic amines is 1. The van der Waals surface area contributed by atoms with Crippen LogP contribution in [0, 0.1) is 0 Å². The summed E-state index contributed by atoms with van der Waals surface area (Å²) in [5, 5.41) is 15.0. The number of nitrogens with zero attached hydrogens (tertiary/aromatic N) is 5. The number of aromatic nitrogens is 6. The first-order valence-corrected chi connectivity index (χ1v) is 6.22. The average molecular weight is 256 g/mol. The molecule has 3 aromatic rings. The summed E-state index contributed by atoms with van der Waals surface area (Å²) in [7, 11) is 0. The van der Waals surface area contributed by atoms with Gasteiger partial charge in [0.25, 0.3) is 5.89 Å². The molecule has 1 saturated carbocycles. The molecule has 96 valence electrons. The zero-order chi connectivity index (χ0) is 12.7. The van der Waals surface area contributed by atoms with Crippen LogP contribution in [0.1, 0.15) is 25.2 Å². The number of H-pyrrole nitrogens is 1. The predicted molar refractivity (Wildman–Crippen MR) is 65.0 cm³/mol. The van der Waals surface area contributed by atoms with Gasteiger partial charge in [0, 0.05) is 18.6 Å². The highest BCUT2D eigenvalue weighted by Crippen LogP contribution is 2.43. The molecule has 7 heteroatoms. The van der Waals surface area contributed by atoms with Crippen molar-refractivity contribution in [2.45, 2.75) is 24.8 Å². The Morgan fingerprint density at radius 1 is 1.37 bits per heavy atom. The van der Waals surface area contributed by atoms with E-state index in [4.69, 9.17) is 4.52 Å². The van der Waals surface area contributed by atoms with Gasteiger partial charge in [-0.1, -0.05) is 5.16 Å². The highest BCUT2D eigenvalue weighted by Gasteiger charge is 2.46. The monoisotopic (exact) mass is 256 g/mol. The quantitative estimate of drug-likeness (QED) is 0.769. The zero-order valence-electron chi connectivity index (χ0n) is 10.2. The summed E-state index contributed by atoms with van der Waals surface area (Å²) in [5.41, 5.74) is 0.559. The Labute approximate surface area is 108 Å². The summed E-state index contributed by atoms with van der Waals surface area (Å²) in [5.74, 6) is 1.18. The molecule has 0 spiro atoms. The van der Waals surface area contributed by atoms with Gasteiger partial charge < -0.3 is 4.52 Å². The summed E-state index contributed by atoms with van der Waals surface area (Å²) in [6.45, 7) is 0. The third-order valence-electron chi connectivity index (χ3n) is 3.70. The van der Waals surface area contributed by atoms with Gasteiger partial charge in [0.05, 0.1) is 11.8 Å². The van der Waals surface area contributed by atoms with Gasteiger partial charge in [-0.25, -0.2) is 0 Å². The van der Waals surface area contributed by atoms with E-state index in [1.807, 2.05) is 16.9 Å². The molecule has 1 aliphatic carbocycles. The Balaban J connectivity index is 1.76. The van der Waals surface area contributed by atoms with Crippen molar-refractivity contribution in [3.63, 3.8) is 0 Å². The highest BCUT2D eigenvalue weighted by molar-refractivity contribution is 5.50. The van der Waals surface area contributed by atoms with E-state index < -0.39 is 0 Å². The topological polar surface area (TPSA) is 85.4 Å². The molecule has 7 nitrogen and oxygen atoms in total. The highest BCUT2D eigenvalue weighted by atomic mass is 16.5. The Hall–Kier alpha value is -2.44. The van der Waals surface area contributed by atoms with Gasteiger partial charge in [0.1, 0.15) is 5.54 Å². The first kappa shape index (κ1) is 10.5. The second kappa shape index (κ2) is 3.78. The number of nitrogens with one attached hydrogen (secondary N) is 1. The Morgan fingerprint density at radius 3 is 2.95 bits per heavy atom. The van der Waals surface area contributed by atoms with Gasteiger partial charge >= 0.3 is 0 Å². The van der Waals surface area contributed by atoms with E-state index in [0.29, 0.717) is 11.7 Å². The molecule has 0 aromatic carbocycles. The Morgan fingerprint density at radius 2 is 2.32 bits per heavy atom. The molecular formula is C12H12N6O. The fraction of sp³-hybridized carbons (Fsp3) is 0.333. The minimum atomic E-state index is -0.265. The molecule has 1 N–H and O–H groups in total. The van der Waals surface area contributed by atoms with Crippen molar-refractivity contribution in [3.8, 4) is 11.4 Å². The lowest BCUT2D eigenvalue weighted by atomic mass is 9.76. The number of hydrogen-bond acceptors (Lipinski definition) is 5. The predicted octanol–water partition coefficient (Wildman–Crippen LogP) is 1.58. The number of rotatable bonds is 3. The van der Waals surface area contributed by atoms with Crippen molar-refractivity contribution in [2.24, 2.45) is 0 Å². The van der Waals surface area contributed by atoms with E-state index >= 15 is 0 Å². The average Bonchev–Trinajstić information content (AvgIpc) is 3.11. The summed E-state index contributed by atoms with van der Waals surface area (Å²) in [6, 6.07) is 1.91. The van der Waals surface area contributed by atoms with Crippen LogP contribution in [0.3, 0.4) is 0 Å². The molecule has 19 heavy (non-hydrogen) atoms. The molecule has 0 saturated heterocycles. The molecule has 1 fully saturated rings. The van der Waals surface area contributed by atoms with E-state index in [-0.39, 0.29) is 5.54 Å². The molecule has 3 aromatic heterocycles. The van der Waals surface area contributed by atoms with Gasteiger partial charge in [-0.3, -0.25) is 9.78 Å². The van der Waals surface area contributed by atoms with Crippen molar-refractivity contribution in [1.82, 2.24) is 30.1 Å². The molecule has 0 atom stereocenters. The van der Waals surface area contributed by atoms with Crippen LogP contribution in [-0.2, 0) is 5.54 Å². The van der Waals surface area contributed by atoms with Gasteiger partial charge in [0.2, 0.25) is 5.82 Å². The molecule has 1 aliphatic rings. The van der Waals surface area contributed by atoms with Gasteiger partial charge in [-0.15, -0.1) is 0 Å². The van der Waals surface area contributed by atoms with E-state index in [0.717, 1.165) is 24.8 Å². The fourth-order valence-corrected chi connectivity index (χ4v) is 2.48. The first-order chi connectivity index (χ1) is 9.38. The summed E-state index contributed by atoms with van der Waals surface area (Å²) in [6.07, 6.45) is 10.2. The smallest absolute Gasteiger partial charge is 0.254 e. The second-order valence-corrected chi connectivity index (χ2v) is 4.75. The van der Waals surface area contributed by atoms with Crippen LogP contribution in [-0.4, -0.2) is 30.1 Å². The summed E-state index contributed by atoms with van der Waals surface area (Å²) >= 11 is 0.